The van der Waals surface area contributed by atoms with Crippen LogP contribution in [0.15, 0.2) is 29.2 Å². The molecule has 4 heteroatoms. The molecule has 0 heterocycles. The second-order valence-electron chi connectivity index (χ2n) is 3.58. The quantitative estimate of drug-likeness (QED) is 0.799. The van der Waals surface area contributed by atoms with E-state index in [0.717, 1.165) is 10.6 Å². The molecule has 0 saturated heterocycles. The molecular formula is C11H13FN2S. The second-order valence-corrected chi connectivity index (χ2v) is 4.75. The Morgan fingerprint density at radius 2 is 2.07 bits per heavy atom. The van der Waals surface area contributed by atoms with Crippen molar-refractivity contribution in [3.05, 3.63) is 30.1 Å². The first-order valence-corrected chi connectivity index (χ1v) is 5.60. The van der Waals surface area contributed by atoms with Crippen molar-refractivity contribution in [3.8, 4) is 6.07 Å². The monoisotopic (exact) mass is 224 g/mol. The zero-order valence-electron chi connectivity index (χ0n) is 8.53. The Morgan fingerprint density at radius 1 is 1.47 bits per heavy atom. The van der Waals surface area contributed by atoms with Crippen LogP contribution in [0.2, 0.25) is 0 Å². The molecule has 1 unspecified atom stereocenters. The Labute approximate surface area is 93.3 Å². The maximum Gasteiger partial charge on any atom is 0.123 e. The lowest BCUT2D eigenvalue weighted by molar-refractivity contribution is 0.583. The van der Waals surface area contributed by atoms with Crippen molar-refractivity contribution in [3.63, 3.8) is 0 Å². The summed E-state index contributed by atoms with van der Waals surface area (Å²) in [5.41, 5.74) is 4.90. The number of nitrogens with two attached hydrogens (primary N) is 1. The first-order valence-electron chi connectivity index (χ1n) is 4.62. The highest BCUT2D eigenvalue weighted by molar-refractivity contribution is 7.99. The summed E-state index contributed by atoms with van der Waals surface area (Å²) in [5.74, 6) is 0.520. The number of rotatable bonds is 4. The number of halogens is 1. The Kier molecular flexibility index (Phi) is 4.13. The van der Waals surface area contributed by atoms with Crippen LogP contribution in [0.3, 0.4) is 0 Å². The third-order valence-corrected chi connectivity index (χ3v) is 2.97. The molecule has 0 aliphatic heterocycles. The molecule has 0 saturated carbocycles. The molecule has 2 N–H and O–H groups in total. The van der Waals surface area contributed by atoms with Crippen LogP contribution in [-0.4, -0.2) is 11.3 Å². The highest BCUT2D eigenvalue weighted by atomic mass is 32.2. The van der Waals surface area contributed by atoms with E-state index in [0.29, 0.717) is 6.42 Å². The van der Waals surface area contributed by atoms with Gasteiger partial charge in [0.15, 0.2) is 0 Å². The molecule has 15 heavy (non-hydrogen) atoms. The van der Waals surface area contributed by atoms with Gasteiger partial charge in [0.2, 0.25) is 0 Å². The molecule has 0 amide bonds. The number of hydrogen-bond acceptors (Lipinski definition) is 3. The SMILES string of the molecule is CC(N)(C#N)CCSc1ccc(F)cc1. The molecular weight excluding hydrogens is 211 g/mol. The molecule has 0 aliphatic rings. The summed E-state index contributed by atoms with van der Waals surface area (Å²) in [7, 11) is 0. The van der Waals surface area contributed by atoms with Crippen LogP contribution < -0.4 is 5.73 Å². The summed E-state index contributed by atoms with van der Waals surface area (Å²) in [5, 5.41) is 8.69. The molecule has 80 valence electrons. The van der Waals surface area contributed by atoms with Crippen molar-refractivity contribution in [1.29, 1.82) is 5.26 Å². The van der Waals surface area contributed by atoms with Crippen molar-refractivity contribution >= 4 is 11.8 Å². The number of nitriles is 1. The van der Waals surface area contributed by atoms with E-state index in [2.05, 4.69) is 0 Å². The topological polar surface area (TPSA) is 49.8 Å². The Hall–Kier alpha value is -1.05. The summed E-state index contributed by atoms with van der Waals surface area (Å²) in [6, 6.07) is 8.34. The summed E-state index contributed by atoms with van der Waals surface area (Å²) in [6.45, 7) is 1.71. The van der Waals surface area contributed by atoms with Crippen LogP contribution in [0.4, 0.5) is 4.39 Å². The van der Waals surface area contributed by atoms with E-state index >= 15 is 0 Å². The zero-order chi connectivity index (χ0) is 11.3. The maximum absolute atomic E-state index is 12.6. The number of thioether (sulfide) groups is 1. The molecule has 0 radical (unpaired) electrons. The molecule has 2 nitrogen and oxygen atoms in total. The third kappa shape index (κ3) is 4.32. The third-order valence-electron chi connectivity index (χ3n) is 1.96. The van der Waals surface area contributed by atoms with Crippen LogP contribution in [0.5, 0.6) is 0 Å². The van der Waals surface area contributed by atoms with E-state index in [-0.39, 0.29) is 5.82 Å². The van der Waals surface area contributed by atoms with Gasteiger partial charge in [-0.3, -0.25) is 0 Å². The van der Waals surface area contributed by atoms with Gasteiger partial charge in [-0.2, -0.15) is 5.26 Å². The second kappa shape index (κ2) is 5.15. The van der Waals surface area contributed by atoms with E-state index in [9.17, 15) is 4.39 Å². The fourth-order valence-electron chi connectivity index (χ4n) is 0.968. The average Bonchev–Trinajstić information content (AvgIpc) is 2.21. The van der Waals surface area contributed by atoms with E-state index < -0.39 is 5.54 Å². The molecule has 1 aromatic rings. The Morgan fingerprint density at radius 3 is 2.60 bits per heavy atom. The first kappa shape index (κ1) is 12.0. The van der Waals surface area contributed by atoms with E-state index in [4.69, 9.17) is 11.0 Å². The molecule has 0 fully saturated rings. The Balaban J connectivity index is 2.39. The average molecular weight is 224 g/mol. The van der Waals surface area contributed by atoms with Gasteiger partial charge >= 0.3 is 0 Å². The minimum Gasteiger partial charge on any atom is -0.314 e. The van der Waals surface area contributed by atoms with Crippen LogP contribution in [0, 0.1) is 17.1 Å². The normalized spacial score (nSPS) is 14.3. The number of benzene rings is 1. The standard InChI is InChI=1S/C11H13FN2S/c1-11(14,8-13)6-7-15-10-4-2-9(12)3-5-10/h2-5H,6-7,14H2,1H3. The van der Waals surface area contributed by atoms with Gasteiger partial charge in [-0.15, -0.1) is 11.8 Å². The van der Waals surface area contributed by atoms with Gasteiger partial charge in [-0.1, -0.05) is 0 Å². The molecule has 1 rings (SSSR count). The molecule has 0 aliphatic carbocycles. The van der Waals surface area contributed by atoms with Gasteiger partial charge in [0.25, 0.3) is 0 Å². The summed E-state index contributed by atoms with van der Waals surface area (Å²) in [4.78, 5) is 0.991. The molecule has 0 spiro atoms. The molecule has 0 aromatic heterocycles. The van der Waals surface area contributed by atoms with Crippen LogP contribution >= 0.6 is 11.8 Å². The van der Waals surface area contributed by atoms with Gasteiger partial charge in [-0.05, 0) is 37.6 Å². The number of nitrogens with zero attached hydrogens (tertiary/aromatic N) is 1. The molecule has 1 atom stereocenters. The predicted molar refractivity (Wildman–Crippen MR) is 59.9 cm³/mol. The lowest BCUT2D eigenvalue weighted by atomic mass is 10.0. The highest BCUT2D eigenvalue weighted by Gasteiger charge is 2.16. The summed E-state index contributed by atoms with van der Waals surface area (Å²) < 4.78 is 12.6. The van der Waals surface area contributed by atoms with Crippen molar-refractivity contribution < 1.29 is 4.39 Å². The smallest absolute Gasteiger partial charge is 0.123 e. The van der Waals surface area contributed by atoms with Crippen molar-refractivity contribution in [2.45, 2.75) is 23.8 Å². The van der Waals surface area contributed by atoms with Crippen molar-refractivity contribution in [2.75, 3.05) is 5.75 Å². The van der Waals surface area contributed by atoms with Gasteiger partial charge in [-0.25, -0.2) is 4.39 Å². The highest BCUT2D eigenvalue weighted by Crippen LogP contribution is 2.20. The predicted octanol–water partition coefficient (Wildman–Crippen LogP) is 2.55. The van der Waals surface area contributed by atoms with Gasteiger partial charge in [0.1, 0.15) is 11.4 Å². The minimum atomic E-state index is -0.771. The summed E-state index contributed by atoms with van der Waals surface area (Å²) in [6.07, 6.45) is 0.617. The number of hydrogen-bond donors (Lipinski definition) is 1. The van der Waals surface area contributed by atoms with E-state index in [1.165, 1.54) is 12.1 Å². The van der Waals surface area contributed by atoms with Crippen molar-refractivity contribution in [1.82, 2.24) is 0 Å². The van der Waals surface area contributed by atoms with E-state index in [1.807, 2.05) is 6.07 Å². The maximum atomic E-state index is 12.6. The first-order chi connectivity index (χ1) is 7.03. The van der Waals surface area contributed by atoms with Gasteiger partial charge < -0.3 is 5.73 Å². The van der Waals surface area contributed by atoms with Crippen LogP contribution in [-0.2, 0) is 0 Å². The fourth-order valence-corrected chi connectivity index (χ4v) is 2.06. The van der Waals surface area contributed by atoms with Gasteiger partial charge in [0.05, 0.1) is 6.07 Å². The minimum absolute atomic E-state index is 0.236. The zero-order valence-corrected chi connectivity index (χ0v) is 9.35. The van der Waals surface area contributed by atoms with Crippen molar-refractivity contribution in [2.24, 2.45) is 5.73 Å². The lowest BCUT2D eigenvalue weighted by Crippen LogP contribution is -2.34. The Bertz CT molecular complexity index is 354. The summed E-state index contributed by atoms with van der Waals surface area (Å²) >= 11 is 1.57. The van der Waals surface area contributed by atoms with E-state index in [1.54, 1.807) is 30.8 Å². The fraction of sp³-hybridized carbons (Fsp3) is 0.364. The van der Waals surface area contributed by atoms with Gasteiger partial charge in [0, 0.05) is 10.6 Å². The molecule has 0 bridgehead atoms. The van der Waals surface area contributed by atoms with Crippen LogP contribution in [0.1, 0.15) is 13.3 Å². The molecule has 1 aromatic carbocycles. The largest absolute Gasteiger partial charge is 0.314 e. The van der Waals surface area contributed by atoms with Crippen LogP contribution in [0.25, 0.3) is 0 Å². The lowest BCUT2D eigenvalue weighted by Gasteiger charge is -2.14.